The van der Waals surface area contributed by atoms with Crippen LogP contribution in [0.3, 0.4) is 0 Å². The topological polar surface area (TPSA) is 110 Å². The van der Waals surface area contributed by atoms with Crippen LogP contribution in [0.15, 0.2) is 24.3 Å². The predicted octanol–water partition coefficient (Wildman–Crippen LogP) is 1.21. The minimum absolute atomic E-state index is 0.00321. The van der Waals surface area contributed by atoms with Gasteiger partial charge in [-0.1, -0.05) is 31.9 Å². The van der Waals surface area contributed by atoms with Gasteiger partial charge >= 0.3 is 0 Å². The molecule has 4 rings (SSSR count). The molecule has 29 heavy (non-hydrogen) atoms. The summed E-state index contributed by atoms with van der Waals surface area (Å²) in [6, 6.07) is 6.97. The first-order valence-corrected chi connectivity index (χ1v) is 10.0. The number of carbonyl (C=O) groups is 3. The van der Waals surface area contributed by atoms with E-state index in [0.717, 1.165) is 19.3 Å². The zero-order valence-corrected chi connectivity index (χ0v) is 16.4. The highest BCUT2D eigenvalue weighted by Crippen LogP contribution is 2.24. The second kappa shape index (κ2) is 8.10. The fourth-order valence-electron chi connectivity index (χ4n) is 4.01. The lowest BCUT2D eigenvalue weighted by Crippen LogP contribution is -2.42. The van der Waals surface area contributed by atoms with Crippen LogP contribution in [0.5, 0.6) is 0 Å². The van der Waals surface area contributed by atoms with E-state index < -0.39 is 0 Å². The fraction of sp³-hybridized carbons (Fsp3) is 0.500. The van der Waals surface area contributed by atoms with Gasteiger partial charge in [0.25, 0.3) is 11.8 Å². The first kappa shape index (κ1) is 19.2. The SMILES string of the molecule is C[C@H]1CCCC[C@@H]1NC(=O)Cn1nnc(CCN2C(=O)c3ccccc3C2=O)n1. The number of rotatable bonds is 6. The number of imide groups is 1. The molecule has 0 radical (unpaired) electrons. The average Bonchev–Trinajstić information content (AvgIpc) is 3.25. The Hall–Kier alpha value is -3.10. The first-order valence-electron chi connectivity index (χ1n) is 10.0. The molecular weight excluding hydrogens is 372 g/mol. The van der Waals surface area contributed by atoms with Crippen LogP contribution >= 0.6 is 0 Å². The van der Waals surface area contributed by atoms with E-state index in [1.165, 1.54) is 16.1 Å². The van der Waals surface area contributed by atoms with Gasteiger partial charge in [0.1, 0.15) is 6.54 Å². The van der Waals surface area contributed by atoms with Gasteiger partial charge in [-0.05, 0) is 36.1 Å². The highest BCUT2D eigenvalue weighted by molar-refractivity contribution is 6.21. The van der Waals surface area contributed by atoms with Crippen LogP contribution in [0, 0.1) is 5.92 Å². The predicted molar refractivity (Wildman–Crippen MR) is 103 cm³/mol. The number of hydrogen-bond donors (Lipinski definition) is 1. The zero-order valence-electron chi connectivity index (χ0n) is 16.4. The molecule has 0 unspecified atom stereocenters. The lowest BCUT2D eigenvalue weighted by Gasteiger charge is -2.29. The minimum atomic E-state index is -0.307. The highest BCUT2D eigenvalue weighted by atomic mass is 16.2. The molecule has 2 atom stereocenters. The van der Waals surface area contributed by atoms with Crippen LogP contribution in [-0.4, -0.2) is 55.4 Å². The van der Waals surface area contributed by atoms with Gasteiger partial charge in [0, 0.05) is 19.0 Å². The summed E-state index contributed by atoms with van der Waals surface area (Å²) >= 11 is 0. The minimum Gasteiger partial charge on any atom is -0.351 e. The second-order valence-corrected chi connectivity index (χ2v) is 7.73. The number of amides is 3. The quantitative estimate of drug-likeness (QED) is 0.735. The Morgan fingerprint density at radius 1 is 1.14 bits per heavy atom. The molecular formula is C20H24N6O3. The van der Waals surface area contributed by atoms with E-state index in [-0.39, 0.29) is 43.3 Å². The third kappa shape index (κ3) is 4.03. The van der Waals surface area contributed by atoms with Gasteiger partial charge in [0.2, 0.25) is 5.91 Å². The van der Waals surface area contributed by atoms with E-state index >= 15 is 0 Å². The molecule has 1 aliphatic carbocycles. The largest absolute Gasteiger partial charge is 0.351 e. The van der Waals surface area contributed by atoms with Crippen molar-refractivity contribution in [2.45, 2.75) is 51.6 Å². The summed E-state index contributed by atoms with van der Waals surface area (Å²) in [5.74, 6) is 0.123. The van der Waals surface area contributed by atoms with Crippen molar-refractivity contribution in [2.75, 3.05) is 6.54 Å². The van der Waals surface area contributed by atoms with E-state index in [1.54, 1.807) is 24.3 Å². The Bertz CT molecular complexity index is 905. The van der Waals surface area contributed by atoms with Crippen molar-refractivity contribution in [1.82, 2.24) is 30.4 Å². The zero-order chi connectivity index (χ0) is 20.4. The molecule has 1 saturated carbocycles. The average molecular weight is 396 g/mol. The second-order valence-electron chi connectivity index (χ2n) is 7.73. The molecule has 1 aromatic carbocycles. The maximum Gasteiger partial charge on any atom is 0.261 e. The van der Waals surface area contributed by atoms with Gasteiger partial charge in [-0.3, -0.25) is 19.3 Å². The smallest absolute Gasteiger partial charge is 0.261 e. The summed E-state index contributed by atoms with van der Waals surface area (Å²) in [6.07, 6.45) is 4.78. The molecule has 1 aromatic heterocycles. The molecule has 0 saturated heterocycles. The van der Waals surface area contributed by atoms with E-state index in [9.17, 15) is 14.4 Å². The number of aromatic nitrogens is 4. The Morgan fingerprint density at radius 3 is 2.52 bits per heavy atom. The van der Waals surface area contributed by atoms with E-state index in [1.807, 2.05) is 0 Å². The summed E-state index contributed by atoms with van der Waals surface area (Å²) in [4.78, 5) is 39.5. The number of carbonyl (C=O) groups excluding carboxylic acids is 3. The van der Waals surface area contributed by atoms with Gasteiger partial charge in [-0.15, -0.1) is 10.2 Å². The van der Waals surface area contributed by atoms with E-state index in [0.29, 0.717) is 22.9 Å². The Labute approximate surface area is 168 Å². The third-order valence-electron chi connectivity index (χ3n) is 5.67. The Balaban J connectivity index is 1.30. The summed E-state index contributed by atoms with van der Waals surface area (Å²) in [6.45, 7) is 2.34. The van der Waals surface area contributed by atoms with Crippen molar-refractivity contribution >= 4 is 17.7 Å². The molecule has 1 fully saturated rings. The molecule has 2 aliphatic rings. The molecule has 9 nitrogen and oxygen atoms in total. The van der Waals surface area contributed by atoms with Crippen molar-refractivity contribution in [3.8, 4) is 0 Å². The molecule has 1 N–H and O–H groups in total. The molecule has 9 heteroatoms. The lowest BCUT2D eigenvalue weighted by molar-refractivity contribution is -0.123. The van der Waals surface area contributed by atoms with Crippen LogP contribution in [-0.2, 0) is 17.8 Å². The van der Waals surface area contributed by atoms with Crippen LogP contribution in [0.1, 0.15) is 59.1 Å². The van der Waals surface area contributed by atoms with E-state index in [4.69, 9.17) is 0 Å². The summed E-state index contributed by atoms with van der Waals surface area (Å²) in [5, 5.41) is 15.1. The van der Waals surface area contributed by atoms with Crippen LogP contribution < -0.4 is 5.32 Å². The maximum absolute atomic E-state index is 12.4. The van der Waals surface area contributed by atoms with Crippen molar-refractivity contribution in [2.24, 2.45) is 5.92 Å². The van der Waals surface area contributed by atoms with Crippen LogP contribution in [0.4, 0.5) is 0 Å². The van der Waals surface area contributed by atoms with Crippen molar-refractivity contribution in [3.63, 3.8) is 0 Å². The summed E-state index contributed by atoms with van der Waals surface area (Å²) in [5.41, 5.74) is 0.838. The van der Waals surface area contributed by atoms with E-state index in [2.05, 4.69) is 27.7 Å². The van der Waals surface area contributed by atoms with Gasteiger partial charge in [-0.25, -0.2) is 0 Å². The Morgan fingerprint density at radius 2 is 1.83 bits per heavy atom. The van der Waals surface area contributed by atoms with Crippen molar-refractivity contribution < 1.29 is 14.4 Å². The van der Waals surface area contributed by atoms with Crippen LogP contribution in [0.25, 0.3) is 0 Å². The molecule has 0 spiro atoms. The number of benzene rings is 1. The standard InChI is InChI=1S/C20H24N6O3/c1-13-6-2-5-9-16(13)21-18(27)12-26-23-17(22-24-26)10-11-25-19(28)14-7-3-4-8-15(14)20(25)29/h3-4,7-8,13,16H,2,5-6,9-12H2,1H3,(H,21,27)/t13-,16-/m0/s1. The molecule has 1 aliphatic heterocycles. The number of nitrogens with one attached hydrogen (secondary N) is 1. The summed E-state index contributed by atoms with van der Waals surface area (Å²) < 4.78 is 0. The number of tetrazole rings is 1. The van der Waals surface area contributed by atoms with Crippen LogP contribution in [0.2, 0.25) is 0 Å². The normalized spacial score (nSPS) is 21.3. The third-order valence-corrected chi connectivity index (χ3v) is 5.67. The van der Waals surface area contributed by atoms with Gasteiger partial charge in [0.05, 0.1) is 11.1 Å². The summed E-state index contributed by atoms with van der Waals surface area (Å²) in [7, 11) is 0. The number of fused-ring (bicyclic) bond motifs is 1. The molecule has 152 valence electrons. The Kier molecular flexibility index (Phi) is 5.37. The molecule has 3 amide bonds. The number of hydrogen-bond acceptors (Lipinski definition) is 6. The first-order chi connectivity index (χ1) is 14.0. The lowest BCUT2D eigenvalue weighted by atomic mass is 9.86. The number of nitrogens with zero attached hydrogens (tertiary/aromatic N) is 5. The maximum atomic E-state index is 12.4. The van der Waals surface area contributed by atoms with Gasteiger partial charge < -0.3 is 5.32 Å². The van der Waals surface area contributed by atoms with Gasteiger partial charge in [0.15, 0.2) is 5.82 Å². The monoisotopic (exact) mass is 396 g/mol. The van der Waals surface area contributed by atoms with Crippen molar-refractivity contribution in [1.29, 1.82) is 0 Å². The van der Waals surface area contributed by atoms with Gasteiger partial charge in [-0.2, -0.15) is 4.80 Å². The molecule has 2 aromatic rings. The van der Waals surface area contributed by atoms with Crippen molar-refractivity contribution in [3.05, 3.63) is 41.2 Å². The molecule has 2 heterocycles. The highest BCUT2D eigenvalue weighted by Gasteiger charge is 2.34. The fourth-order valence-corrected chi connectivity index (χ4v) is 4.01. The molecule has 0 bridgehead atoms.